The van der Waals surface area contributed by atoms with Gasteiger partial charge in [-0.1, -0.05) is 24.3 Å². The summed E-state index contributed by atoms with van der Waals surface area (Å²) < 4.78 is 30.9. The lowest BCUT2D eigenvalue weighted by atomic mass is 10.1. The minimum atomic E-state index is -3.20. The minimum absolute atomic E-state index is 0.319. The maximum atomic E-state index is 11.7. The number of hydrogen-bond donors (Lipinski definition) is 0. The fraction of sp³-hybridized carbons (Fsp3) is 0.0909. The van der Waals surface area contributed by atoms with Gasteiger partial charge < -0.3 is 8.98 Å². The first-order valence-corrected chi connectivity index (χ1v) is 10.4. The average Bonchev–Trinajstić information content (AvgIpc) is 3.31. The monoisotopic (exact) mass is 377 g/mol. The lowest BCUT2D eigenvalue weighted by Crippen LogP contribution is -1.99. The first-order chi connectivity index (χ1) is 12.9. The Morgan fingerprint density at radius 3 is 2.15 bits per heavy atom. The third kappa shape index (κ3) is 3.46. The van der Waals surface area contributed by atoms with E-state index in [0.29, 0.717) is 4.90 Å². The van der Waals surface area contributed by atoms with Crippen molar-refractivity contribution >= 4 is 9.84 Å². The zero-order chi connectivity index (χ0) is 19.0. The molecule has 0 N–H and O–H groups in total. The van der Waals surface area contributed by atoms with Gasteiger partial charge in [-0.15, -0.1) is 0 Å². The van der Waals surface area contributed by atoms with Gasteiger partial charge >= 0.3 is 0 Å². The van der Waals surface area contributed by atoms with Crippen LogP contribution in [-0.2, 0) is 9.84 Å². The van der Waals surface area contributed by atoms with Crippen molar-refractivity contribution < 1.29 is 12.8 Å². The number of benzene rings is 2. The summed E-state index contributed by atoms with van der Waals surface area (Å²) in [5, 5.41) is 0. The summed E-state index contributed by atoms with van der Waals surface area (Å²) in [5.74, 6) is 0.837. The maximum absolute atomic E-state index is 11.7. The highest BCUT2D eigenvalue weighted by Gasteiger charge is 2.11. The summed E-state index contributed by atoms with van der Waals surface area (Å²) in [4.78, 5) is 0.319. The zero-order valence-corrected chi connectivity index (χ0v) is 15.9. The fourth-order valence-corrected chi connectivity index (χ4v) is 3.76. The smallest absolute Gasteiger partial charge is 0.175 e. The van der Waals surface area contributed by atoms with E-state index in [1.807, 2.05) is 49.5 Å². The molecule has 136 valence electrons. The molecule has 0 amide bonds. The molecule has 0 unspecified atom stereocenters. The quantitative estimate of drug-likeness (QED) is 0.496. The second-order valence-electron chi connectivity index (χ2n) is 6.59. The van der Waals surface area contributed by atoms with E-state index in [4.69, 9.17) is 4.42 Å². The van der Waals surface area contributed by atoms with Crippen molar-refractivity contribution in [3.05, 3.63) is 84.8 Å². The van der Waals surface area contributed by atoms with Gasteiger partial charge in [0.2, 0.25) is 0 Å². The molecule has 0 bridgehead atoms. The molecule has 2 aromatic heterocycles. The molecule has 0 aliphatic rings. The fourth-order valence-electron chi connectivity index (χ4n) is 3.13. The van der Waals surface area contributed by atoms with Crippen molar-refractivity contribution in [2.45, 2.75) is 11.8 Å². The van der Waals surface area contributed by atoms with E-state index in [-0.39, 0.29) is 0 Å². The first kappa shape index (κ1) is 17.4. The molecule has 27 heavy (non-hydrogen) atoms. The molecule has 0 saturated carbocycles. The third-order valence-corrected chi connectivity index (χ3v) is 5.61. The third-order valence-electron chi connectivity index (χ3n) is 4.49. The first-order valence-electron chi connectivity index (χ1n) is 8.56. The van der Waals surface area contributed by atoms with Crippen LogP contribution >= 0.6 is 0 Å². The molecule has 5 heteroatoms. The van der Waals surface area contributed by atoms with E-state index in [1.54, 1.807) is 18.4 Å². The van der Waals surface area contributed by atoms with E-state index in [1.165, 1.54) is 6.26 Å². The molecule has 2 heterocycles. The Bertz CT molecular complexity index is 1170. The van der Waals surface area contributed by atoms with Crippen LogP contribution in [0.3, 0.4) is 0 Å². The molecule has 4 aromatic rings. The molecule has 0 radical (unpaired) electrons. The van der Waals surface area contributed by atoms with E-state index in [0.717, 1.165) is 33.8 Å². The van der Waals surface area contributed by atoms with Crippen LogP contribution in [-0.4, -0.2) is 19.2 Å². The van der Waals surface area contributed by atoms with Gasteiger partial charge in [-0.05, 0) is 60.5 Å². The van der Waals surface area contributed by atoms with Crippen LogP contribution in [0.5, 0.6) is 0 Å². The largest absolute Gasteiger partial charge is 0.464 e. The minimum Gasteiger partial charge on any atom is -0.464 e. The molecule has 2 aromatic carbocycles. The number of furan rings is 1. The van der Waals surface area contributed by atoms with Crippen LogP contribution in [0.25, 0.3) is 28.3 Å². The number of hydrogen-bond acceptors (Lipinski definition) is 3. The summed E-state index contributed by atoms with van der Waals surface area (Å²) >= 11 is 0. The van der Waals surface area contributed by atoms with E-state index >= 15 is 0 Å². The molecular weight excluding hydrogens is 358 g/mol. The van der Waals surface area contributed by atoms with Gasteiger partial charge in [0.15, 0.2) is 9.84 Å². The molecule has 0 saturated heterocycles. The Kier molecular flexibility index (Phi) is 4.24. The second kappa shape index (κ2) is 6.59. The Morgan fingerprint density at radius 2 is 1.56 bits per heavy atom. The van der Waals surface area contributed by atoms with E-state index in [9.17, 15) is 8.42 Å². The Hall–Kier alpha value is -3.05. The Labute approximate surface area is 158 Å². The van der Waals surface area contributed by atoms with Gasteiger partial charge in [0.25, 0.3) is 0 Å². The summed E-state index contributed by atoms with van der Waals surface area (Å²) in [6.45, 7) is 2.04. The Morgan fingerprint density at radius 1 is 0.889 bits per heavy atom. The normalized spacial score (nSPS) is 11.6. The van der Waals surface area contributed by atoms with Crippen LogP contribution < -0.4 is 0 Å². The van der Waals surface area contributed by atoms with Gasteiger partial charge in [-0.2, -0.15) is 0 Å². The predicted molar refractivity (Wildman–Crippen MR) is 107 cm³/mol. The van der Waals surface area contributed by atoms with Crippen molar-refractivity contribution in [3.8, 4) is 28.3 Å². The number of rotatable bonds is 4. The second-order valence-corrected chi connectivity index (χ2v) is 8.61. The Balaban J connectivity index is 1.73. The highest BCUT2D eigenvalue weighted by Crippen LogP contribution is 2.29. The molecule has 0 atom stereocenters. The highest BCUT2D eigenvalue weighted by molar-refractivity contribution is 7.90. The van der Waals surface area contributed by atoms with Gasteiger partial charge in [-0.25, -0.2) is 8.42 Å². The number of aryl methyl sites for hydroxylation is 1. The van der Waals surface area contributed by atoms with E-state index in [2.05, 4.69) is 22.8 Å². The van der Waals surface area contributed by atoms with Crippen molar-refractivity contribution in [2.24, 2.45) is 0 Å². The van der Waals surface area contributed by atoms with Gasteiger partial charge in [0.1, 0.15) is 5.76 Å². The van der Waals surface area contributed by atoms with Crippen LogP contribution in [0.1, 0.15) is 5.56 Å². The topological polar surface area (TPSA) is 52.2 Å². The maximum Gasteiger partial charge on any atom is 0.175 e. The van der Waals surface area contributed by atoms with Crippen LogP contribution in [0.4, 0.5) is 0 Å². The van der Waals surface area contributed by atoms with Crippen molar-refractivity contribution in [1.29, 1.82) is 0 Å². The predicted octanol–water partition coefficient (Wildman–Crippen LogP) is 5.12. The zero-order valence-electron chi connectivity index (χ0n) is 15.1. The number of sulfone groups is 1. The van der Waals surface area contributed by atoms with Crippen LogP contribution in [0.15, 0.2) is 88.5 Å². The lowest BCUT2D eigenvalue weighted by Gasteiger charge is -2.11. The SMILES string of the molecule is Cc1cc(-c2ccc(-c3ccco3)cc2)n(-c2ccc(S(C)(=O)=O)cc2)c1. The molecule has 4 rings (SSSR count). The number of aromatic nitrogens is 1. The summed E-state index contributed by atoms with van der Waals surface area (Å²) in [6, 6.07) is 21.1. The molecule has 0 spiro atoms. The number of nitrogens with zero attached hydrogens (tertiary/aromatic N) is 1. The standard InChI is InChI=1S/C22H19NO3S/c1-16-14-21(17-5-7-18(8-6-17)22-4-3-13-26-22)23(15-16)19-9-11-20(12-10-19)27(2,24)25/h3-15H,1-2H3. The van der Waals surface area contributed by atoms with Crippen LogP contribution in [0.2, 0.25) is 0 Å². The summed E-state index contributed by atoms with van der Waals surface area (Å²) in [7, 11) is -3.20. The summed E-state index contributed by atoms with van der Waals surface area (Å²) in [5.41, 5.74) is 5.19. The van der Waals surface area contributed by atoms with Crippen molar-refractivity contribution in [2.75, 3.05) is 6.26 Å². The molecule has 0 aliphatic carbocycles. The molecular formula is C22H19NO3S. The van der Waals surface area contributed by atoms with Crippen molar-refractivity contribution in [1.82, 2.24) is 4.57 Å². The van der Waals surface area contributed by atoms with Gasteiger partial charge in [0.05, 0.1) is 16.9 Å². The molecule has 0 fully saturated rings. The van der Waals surface area contributed by atoms with Gasteiger partial charge in [0, 0.05) is 23.7 Å². The van der Waals surface area contributed by atoms with Crippen LogP contribution in [0, 0.1) is 6.92 Å². The summed E-state index contributed by atoms with van der Waals surface area (Å²) in [6.07, 6.45) is 4.93. The molecule has 0 aliphatic heterocycles. The van der Waals surface area contributed by atoms with Gasteiger partial charge in [-0.3, -0.25) is 0 Å². The average molecular weight is 377 g/mol. The molecule has 4 nitrogen and oxygen atoms in total. The lowest BCUT2D eigenvalue weighted by molar-refractivity contribution is 0.582. The van der Waals surface area contributed by atoms with E-state index < -0.39 is 9.84 Å². The van der Waals surface area contributed by atoms with Crippen molar-refractivity contribution in [3.63, 3.8) is 0 Å². The highest BCUT2D eigenvalue weighted by atomic mass is 32.2.